The molecule has 0 heterocycles. The smallest absolute Gasteiger partial charge is 0.119 e. The molecule has 0 aliphatic carbocycles. The summed E-state index contributed by atoms with van der Waals surface area (Å²) in [7, 11) is 4.22. The summed E-state index contributed by atoms with van der Waals surface area (Å²) >= 11 is 0. The molecule has 1 rings (SSSR count). The summed E-state index contributed by atoms with van der Waals surface area (Å²) in [5.74, 6) is 1.88. The molecule has 0 spiro atoms. The van der Waals surface area contributed by atoms with E-state index in [0.29, 0.717) is 11.8 Å². The van der Waals surface area contributed by atoms with Gasteiger partial charge < -0.3 is 9.64 Å². The summed E-state index contributed by atoms with van der Waals surface area (Å²) in [5, 5.41) is 0. The van der Waals surface area contributed by atoms with Gasteiger partial charge >= 0.3 is 0 Å². The first-order valence-electron chi connectivity index (χ1n) is 7.58. The highest BCUT2D eigenvalue weighted by Gasteiger charge is 2.17. The fourth-order valence-corrected chi connectivity index (χ4v) is 2.53. The van der Waals surface area contributed by atoms with E-state index in [2.05, 4.69) is 63.7 Å². The highest BCUT2D eigenvalue weighted by molar-refractivity contribution is 5.33. The van der Waals surface area contributed by atoms with Gasteiger partial charge in [0.15, 0.2) is 0 Å². The van der Waals surface area contributed by atoms with Gasteiger partial charge in [-0.25, -0.2) is 0 Å². The van der Waals surface area contributed by atoms with Crippen molar-refractivity contribution in [2.75, 3.05) is 27.2 Å². The van der Waals surface area contributed by atoms with Crippen LogP contribution < -0.4 is 4.74 Å². The fraction of sp³-hybridized carbons (Fsp3) is 0.556. The molecule has 0 aliphatic heterocycles. The molecular weight excluding hydrogens is 246 g/mol. The van der Waals surface area contributed by atoms with Gasteiger partial charge in [-0.15, -0.1) is 6.58 Å². The molecule has 0 fully saturated rings. The molecule has 0 amide bonds. The van der Waals surface area contributed by atoms with Crippen LogP contribution in [0.1, 0.15) is 38.2 Å². The Bertz CT molecular complexity index is 400. The van der Waals surface area contributed by atoms with Crippen LogP contribution in [0.4, 0.5) is 0 Å². The van der Waals surface area contributed by atoms with Gasteiger partial charge in [-0.3, -0.25) is 0 Å². The molecule has 0 aliphatic rings. The number of unbranched alkanes of at least 4 members (excludes halogenated alkanes) is 1. The Morgan fingerprint density at radius 2 is 2.10 bits per heavy atom. The average Bonchev–Trinajstić information content (AvgIpc) is 2.39. The quantitative estimate of drug-likeness (QED) is 0.491. The van der Waals surface area contributed by atoms with E-state index in [-0.39, 0.29) is 0 Å². The van der Waals surface area contributed by atoms with E-state index in [9.17, 15) is 0 Å². The van der Waals surface area contributed by atoms with Crippen LogP contribution in [-0.4, -0.2) is 32.1 Å². The Balaban J connectivity index is 2.76. The lowest BCUT2D eigenvalue weighted by Gasteiger charge is -2.24. The lowest BCUT2D eigenvalue weighted by atomic mass is 9.87. The molecule has 20 heavy (non-hydrogen) atoms. The molecule has 112 valence electrons. The third-order valence-corrected chi connectivity index (χ3v) is 3.53. The second-order valence-corrected chi connectivity index (χ2v) is 5.78. The summed E-state index contributed by atoms with van der Waals surface area (Å²) in [6.07, 6.45) is 4.32. The van der Waals surface area contributed by atoms with Gasteiger partial charge in [-0.2, -0.15) is 0 Å². The molecule has 1 aromatic rings. The van der Waals surface area contributed by atoms with Gasteiger partial charge in [-0.05, 0) is 44.1 Å². The predicted octanol–water partition coefficient (Wildman–Crippen LogP) is 4.33. The van der Waals surface area contributed by atoms with E-state index < -0.39 is 0 Å². The first kappa shape index (κ1) is 16.8. The Morgan fingerprint density at radius 3 is 2.70 bits per heavy atom. The van der Waals surface area contributed by atoms with Crippen LogP contribution >= 0.6 is 0 Å². The number of benzene rings is 1. The first-order valence-corrected chi connectivity index (χ1v) is 7.58. The van der Waals surface area contributed by atoms with E-state index in [0.717, 1.165) is 31.7 Å². The van der Waals surface area contributed by atoms with E-state index in [1.165, 1.54) is 5.56 Å². The van der Waals surface area contributed by atoms with Crippen molar-refractivity contribution in [2.45, 2.75) is 32.6 Å². The van der Waals surface area contributed by atoms with Gasteiger partial charge in [0.25, 0.3) is 0 Å². The molecule has 1 aromatic carbocycles. The molecule has 2 heteroatoms. The van der Waals surface area contributed by atoms with Gasteiger partial charge in [0.2, 0.25) is 0 Å². The van der Waals surface area contributed by atoms with Crippen molar-refractivity contribution in [3.63, 3.8) is 0 Å². The zero-order valence-corrected chi connectivity index (χ0v) is 13.4. The normalized spacial score (nSPS) is 14.1. The van der Waals surface area contributed by atoms with Crippen LogP contribution in [-0.2, 0) is 0 Å². The van der Waals surface area contributed by atoms with Crippen LogP contribution in [0.2, 0.25) is 0 Å². The van der Waals surface area contributed by atoms with Crippen molar-refractivity contribution < 1.29 is 4.74 Å². The van der Waals surface area contributed by atoms with Crippen molar-refractivity contribution in [3.05, 3.63) is 42.5 Å². The van der Waals surface area contributed by atoms with Crippen molar-refractivity contribution in [3.8, 4) is 5.75 Å². The Labute approximate surface area is 124 Å². The van der Waals surface area contributed by atoms with E-state index >= 15 is 0 Å². The molecule has 2 nitrogen and oxygen atoms in total. The second kappa shape index (κ2) is 8.80. The van der Waals surface area contributed by atoms with Crippen LogP contribution in [0.15, 0.2) is 36.9 Å². The fourth-order valence-electron chi connectivity index (χ4n) is 2.53. The summed E-state index contributed by atoms with van der Waals surface area (Å²) in [5.41, 5.74) is 1.29. The van der Waals surface area contributed by atoms with Crippen LogP contribution in [0.3, 0.4) is 0 Å². The maximum absolute atomic E-state index is 5.80. The Kier molecular flexibility index (Phi) is 7.38. The highest BCUT2D eigenvalue weighted by Crippen LogP contribution is 2.28. The van der Waals surface area contributed by atoms with Crippen LogP contribution in [0.5, 0.6) is 5.75 Å². The maximum Gasteiger partial charge on any atom is 0.119 e. The van der Waals surface area contributed by atoms with Gasteiger partial charge in [0.05, 0.1) is 6.61 Å². The molecule has 0 N–H and O–H groups in total. The zero-order valence-electron chi connectivity index (χ0n) is 13.4. The summed E-state index contributed by atoms with van der Waals surface area (Å²) in [4.78, 5) is 2.22. The summed E-state index contributed by atoms with van der Waals surface area (Å²) in [6.45, 7) is 10.3. The van der Waals surface area contributed by atoms with Crippen molar-refractivity contribution in [2.24, 2.45) is 5.92 Å². The zero-order chi connectivity index (χ0) is 15.0. The molecule has 0 saturated heterocycles. The highest BCUT2D eigenvalue weighted by atomic mass is 16.5. The van der Waals surface area contributed by atoms with Crippen LogP contribution in [0.25, 0.3) is 0 Å². The van der Waals surface area contributed by atoms with Crippen molar-refractivity contribution in [1.82, 2.24) is 4.90 Å². The number of allylic oxidation sites excluding steroid dienone is 1. The third-order valence-electron chi connectivity index (χ3n) is 3.53. The Morgan fingerprint density at radius 1 is 1.35 bits per heavy atom. The SMILES string of the molecule is C=CC(c1cccc(OCCCC)c1)[C@@H](C)CN(C)C. The predicted molar refractivity (Wildman–Crippen MR) is 87.5 cm³/mol. The maximum atomic E-state index is 5.80. The molecule has 0 bridgehead atoms. The minimum atomic E-state index is 0.368. The lowest BCUT2D eigenvalue weighted by Crippen LogP contribution is -2.23. The summed E-state index contributed by atoms with van der Waals surface area (Å²) in [6, 6.07) is 8.45. The van der Waals surface area contributed by atoms with Gasteiger partial charge in [-0.1, -0.05) is 38.5 Å². The second-order valence-electron chi connectivity index (χ2n) is 5.78. The van der Waals surface area contributed by atoms with Gasteiger partial charge in [0, 0.05) is 12.5 Å². The molecule has 0 radical (unpaired) electrons. The minimum absolute atomic E-state index is 0.368. The van der Waals surface area contributed by atoms with Crippen LogP contribution in [0, 0.1) is 5.92 Å². The standard InChI is InChI=1S/C18H29NO/c1-6-8-12-20-17-11-9-10-16(13-17)18(7-2)15(3)14-19(4)5/h7,9-11,13,15,18H,2,6,8,12,14H2,1,3-5H3/t15-,18?/m0/s1. The lowest BCUT2D eigenvalue weighted by molar-refractivity contribution is 0.307. The largest absolute Gasteiger partial charge is 0.494 e. The monoisotopic (exact) mass is 275 g/mol. The van der Waals surface area contributed by atoms with Gasteiger partial charge in [0.1, 0.15) is 5.75 Å². The number of hydrogen-bond acceptors (Lipinski definition) is 2. The molecule has 2 atom stereocenters. The van der Waals surface area contributed by atoms with Crippen molar-refractivity contribution in [1.29, 1.82) is 0 Å². The Hall–Kier alpha value is -1.28. The first-order chi connectivity index (χ1) is 9.58. The number of rotatable bonds is 9. The van der Waals surface area contributed by atoms with Crippen molar-refractivity contribution >= 4 is 0 Å². The third kappa shape index (κ3) is 5.38. The molecule has 0 aromatic heterocycles. The number of ether oxygens (including phenoxy) is 1. The van der Waals surface area contributed by atoms with E-state index in [4.69, 9.17) is 4.74 Å². The topological polar surface area (TPSA) is 12.5 Å². The number of hydrogen-bond donors (Lipinski definition) is 0. The van der Waals surface area contributed by atoms with E-state index in [1.54, 1.807) is 0 Å². The average molecular weight is 275 g/mol. The minimum Gasteiger partial charge on any atom is -0.494 e. The number of nitrogens with zero attached hydrogens (tertiary/aromatic N) is 1. The molecule has 0 saturated carbocycles. The molecular formula is C18H29NO. The van der Waals surface area contributed by atoms with E-state index in [1.807, 2.05) is 6.07 Å². The summed E-state index contributed by atoms with van der Waals surface area (Å²) < 4.78 is 5.80. The molecule has 1 unspecified atom stereocenters.